The van der Waals surface area contributed by atoms with E-state index < -0.39 is 0 Å². The van der Waals surface area contributed by atoms with E-state index in [0.29, 0.717) is 30.0 Å². The van der Waals surface area contributed by atoms with E-state index in [9.17, 15) is 9.90 Å². The molecule has 4 heteroatoms. The van der Waals surface area contributed by atoms with E-state index in [2.05, 4.69) is 0 Å². The second-order valence-electron chi connectivity index (χ2n) is 4.18. The van der Waals surface area contributed by atoms with Crippen molar-refractivity contribution >= 4 is 11.6 Å². The number of hydrogen-bond donors (Lipinski definition) is 1. The summed E-state index contributed by atoms with van der Waals surface area (Å²) in [6.07, 6.45) is 2.20. The average molecular weight is 259 g/mol. The summed E-state index contributed by atoms with van der Waals surface area (Å²) in [6.45, 7) is 4.37. The van der Waals surface area contributed by atoms with Crippen LogP contribution in [0.1, 0.15) is 30.0 Å². The lowest BCUT2D eigenvalue weighted by Crippen LogP contribution is -2.30. The monoisotopic (exact) mass is 259 g/mol. The highest BCUT2D eigenvalue weighted by atomic mass is 16.3. The van der Waals surface area contributed by atoms with Gasteiger partial charge in [-0.05, 0) is 25.1 Å². The van der Waals surface area contributed by atoms with Crippen LogP contribution in [0.15, 0.2) is 41.0 Å². The third-order valence-corrected chi connectivity index (χ3v) is 3.00. The quantitative estimate of drug-likeness (QED) is 0.917. The lowest BCUT2D eigenvalue weighted by molar-refractivity contribution is 0.0986. The van der Waals surface area contributed by atoms with Gasteiger partial charge >= 0.3 is 0 Å². The number of carbonyl (C=O) groups excluding carboxylic acids is 1. The van der Waals surface area contributed by atoms with Crippen molar-refractivity contribution in [3.63, 3.8) is 0 Å². The molecule has 0 radical (unpaired) electrons. The molecule has 1 amide bonds. The number of nitrogens with zero attached hydrogens (tertiary/aromatic N) is 1. The van der Waals surface area contributed by atoms with Gasteiger partial charge in [-0.3, -0.25) is 4.79 Å². The van der Waals surface area contributed by atoms with Gasteiger partial charge in [-0.25, -0.2) is 0 Å². The van der Waals surface area contributed by atoms with Crippen molar-refractivity contribution < 1.29 is 14.3 Å². The van der Waals surface area contributed by atoms with Gasteiger partial charge in [0.2, 0.25) is 0 Å². The predicted octanol–water partition coefficient (Wildman–Crippen LogP) is 3.21. The highest BCUT2D eigenvalue weighted by Gasteiger charge is 2.20. The van der Waals surface area contributed by atoms with E-state index in [4.69, 9.17) is 4.42 Å². The Kier molecular flexibility index (Phi) is 3.90. The first kappa shape index (κ1) is 13.2. The van der Waals surface area contributed by atoms with E-state index in [1.54, 1.807) is 35.2 Å². The molecule has 2 rings (SSSR count). The van der Waals surface area contributed by atoms with Gasteiger partial charge in [0.25, 0.3) is 5.91 Å². The predicted molar refractivity (Wildman–Crippen MR) is 73.5 cm³/mol. The van der Waals surface area contributed by atoms with E-state index in [1.807, 2.05) is 13.8 Å². The summed E-state index contributed by atoms with van der Waals surface area (Å²) >= 11 is 0. The molecular weight excluding hydrogens is 242 g/mol. The summed E-state index contributed by atoms with van der Waals surface area (Å²) in [5.74, 6) is 0.717. The molecule has 0 saturated carbocycles. The molecule has 4 nitrogen and oxygen atoms in total. The fourth-order valence-electron chi connectivity index (χ4n) is 2.05. The van der Waals surface area contributed by atoms with Crippen LogP contribution in [0.5, 0.6) is 5.75 Å². The van der Waals surface area contributed by atoms with Crippen LogP contribution < -0.4 is 4.90 Å². The summed E-state index contributed by atoms with van der Waals surface area (Å²) in [4.78, 5) is 14.1. The number of phenolic OH excluding ortho intramolecular Hbond substituents is 1. The van der Waals surface area contributed by atoms with Crippen molar-refractivity contribution in [2.75, 3.05) is 11.4 Å². The summed E-state index contributed by atoms with van der Waals surface area (Å²) in [5, 5.41) is 9.51. The molecule has 0 fully saturated rings. The topological polar surface area (TPSA) is 53.7 Å². The van der Waals surface area contributed by atoms with Gasteiger partial charge in [-0.15, -0.1) is 0 Å². The number of hydrogen-bond acceptors (Lipinski definition) is 3. The van der Waals surface area contributed by atoms with Crippen molar-refractivity contribution in [3.8, 4) is 5.75 Å². The molecule has 1 N–H and O–H groups in total. The highest BCUT2D eigenvalue weighted by Crippen LogP contribution is 2.23. The van der Waals surface area contributed by atoms with Crippen LogP contribution >= 0.6 is 0 Å². The summed E-state index contributed by atoms with van der Waals surface area (Å²) in [7, 11) is 0. The SMILES string of the molecule is CCc1occc1C(=O)N(CC)c1cccc(O)c1. The van der Waals surface area contributed by atoms with Crippen molar-refractivity contribution in [2.45, 2.75) is 20.3 Å². The smallest absolute Gasteiger partial charge is 0.261 e. The van der Waals surface area contributed by atoms with Crippen LogP contribution in [0.2, 0.25) is 0 Å². The minimum atomic E-state index is -0.112. The van der Waals surface area contributed by atoms with Crippen molar-refractivity contribution in [1.82, 2.24) is 0 Å². The molecule has 0 bridgehead atoms. The minimum Gasteiger partial charge on any atom is -0.508 e. The molecule has 100 valence electrons. The molecule has 1 heterocycles. The minimum absolute atomic E-state index is 0.112. The van der Waals surface area contributed by atoms with Gasteiger partial charge < -0.3 is 14.4 Å². The Balaban J connectivity index is 2.35. The van der Waals surface area contributed by atoms with Crippen molar-refractivity contribution in [1.29, 1.82) is 0 Å². The van der Waals surface area contributed by atoms with Crippen LogP contribution in [0, 0.1) is 0 Å². The Bertz CT molecular complexity index is 574. The second-order valence-corrected chi connectivity index (χ2v) is 4.18. The van der Waals surface area contributed by atoms with Crippen LogP contribution in [-0.2, 0) is 6.42 Å². The van der Waals surface area contributed by atoms with Crippen LogP contribution in [0.4, 0.5) is 5.69 Å². The third kappa shape index (κ3) is 2.62. The van der Waals surface area contributed by atoms with E-state index >= 15 is 0 Å². The molecular formula is C15H17NO3. The Morgan fingerprint density at radius 3 is 2.74 bits per heavy atom. The lowest BCUT2D eigenvalue weighted by Gasteiger charge is -2.21. The Hall–Kier alpha value is -2.23. The zero-order valence-corrected chi connectivity index (χ0v) is 11.1. The number of aromatic hydroxyl groups is 1. The Labute approximate surface area is 112 Å². The number of rotatable bonds is 4. The molecule has 19 heavy (non-hydrogen) atoms. The van der Waals surface area contributed by atoms with Gasteiger partial charge in [0.1, 0.15) is 11.5 Å². The number of benzene rings is 1. The molecule has 0 spiro atoms. The van der Waals surface area contributed by atoms with Gasteiger partial charge in [-0.2, -0.15) is 0 Å². The lowest BCUT2D eigenvalue weighted by atomic mass is 10.1. The number of carbonyl (C=O) groups is 1. The second kappa shape index (κ2) is 5.61. The van der Waals surface area contributed by atoms with Crippen LogP contribution in [-0.4, -0.2) is 17.6 Å². The number of furan rings is 1. The third-order valence-electron chi connectivity index (χ3n) is 3.00. The molecule has 2 aromatic rings. The van der Waals surface area contributed by atoms with Gasteiger partial charge in [0.15, 0.2) is 0 Å². The molecule has 0 saturated heterocycles. The molecule has 1 aromatic carbocycles. The first-order valence-corrected chi connectivity index (χ1v) is 6.34. The normalized spacial score (nSPS) is 10.4. The fraction of sp³-hybridized carbons (Fsp3) is 0.267. The van der Waals surface area contributed by atoms with E-state index in [1.165, 1.54) is 6.26 Å². The van der Waals surface area contributed by atoms with E-state index in [-0.39, 0.29) is 11.7 Å². The molecule has 0 aliphatic carbocycles. The number of amides is 1. The van der Waals surface area contributed by atoms with E-state index in [0.717, 1.165) is 0 Å². The van der Waals surface area contributed by atoms with Gasteiger partial charge in [-0.1, -0.05) is 13.0 Å². The summed E-state index contributed by atoms with van der Waals surface area (Å²) < 4.78 is 5.29. The van der Waals surface area contributed by atoms with Gasteiger partial charge in [0.05, 0.1) is 11.8 Å². The first-order chi connectivity index (χ1) is 9.17. The number of anilines is 1. The van der Waals surface area contributed by atoms with Crippen molar-refractivity contribution in [2.24, 2.45) is 0 Å². The average Bonchev–Trinajstić information content (AvgIpc) is 2.87. The number of phenols is 1. The van der Waals surface area contributed by atoms with Gasteiger partial charge in [0, 0.05) is 24.7 Å². The largest absolute Gasteiger partial charge is 0.508 e. The molecule has 0 atom stereocenters. The Morgan fingerprint density at radius 1 is 1.32 bits per heavy atom. The highest BCUT2D eigenvalue weighted by molar-refractivity contribution is 6.06. The molecule has 0 aliphatic heterocycles. The zero-order valence-electron chi connectivity index (χ0n) is 11.1. The standard InChI is InChI=1S/C15H17NO3/c1-3-14-13(8-9-19-14)15(18)16(4-2)11-6-5-7-12(17)10-11/h5-10,17H,3-4H2,1-2H3. The van der Waals surface area contributed by atoms with Crippen LogP contribution in [0.25, 0.3) is 0 Å². The maximum absolute atomic E-state index is 12.5. The fourth-order valence-corrected chi connectivity index (χ4v) is 2.05. The first-order valence-electron chi connectivity index (χ1n) is 6.34. The maximum Gasteiger partial charge on any atom is 0.261 e. The summed E-state index contributed by atoms with van der Waals surface area (Å²) in [5.41, 5.74) is 1.25. The zero-order chi connectivity index (χ0) is 13.8. The molecule has 1 aromatic heterocycles. The molecule has 0 unspecified atom stereocenters. The molecule has 0 aliphatic rings. The van der Waals surface area contributed by atoms with Crippen LogP contribution in [0.3, 0.4) is 0 Å². The van der Waals surface area contributed by atoms with Crippen molar-refractivity contribution in [3.05, 3.63) is 47.9 Å². The number of aryl methyl sites for hydroxylation is 1. The Morgan fingerprint density at radius 2 is 2.11 bits per heavy atom. The summed E-state index contributed by atoms with van der Waals surface area (Å²) in [6, 6.07) is 8.36. The maximum atomic E-state index is 12.5.